The number of carbonyl (C=O) groups is 4. The van der Waals surface area contributed by atoms with E-state index in [4.69, 9.17) is 51.6 Å². The minimum Gasteiger partial charge on any atom is -0.393 e. The third-order valence-electron chi connectivity index (χ3n) is 46.3. The molecule has 758 valence electrons. The molecule has 0 bridgehead atoms. The second-order valence-electron chi connectivity index (χ2n) is 54.8. The van der Waals surface area contributed by atoms with E-state index in [0.29, 0.717) is 169 Å². The number of Topliss-reactive ketones (excluding diaryl/α,β-unsaturated/α-hetero) is 4. The number of ether oxygens (including phenoxy) is 10. The van der Waals surface area contributed by atoms with Crippen LogP contribution >= 0.6 is 0 Å². The van der Waals surface area contributed by atoms with Gasteiger partial charge in [-0.05, 0) is 400 Å². The van der Waals surface area contributed by atoms with Gasteiger partial charge in [-0.15, -0.1) is 0 Å². The molecule has 5 heterocycles. The summed E-state index contributed by atoms with van der Waals surface area (Å²) in [5.74, 6) is 7.28. The van der Waals surface area contributed by atoms with Crippen LogP contribution in [-0.4, -0.2) is 190 Å². The number of aliphatic hydroxyl groups is 5. The van der Waals surface area contributed by atoms with Crippen molar-refractivity contribution < 1.29 is 105 Å². The molecule has 0 aromatic carbocycles. The van der Waals surface area contributed by atoms with E-state index in [-0.39, 0.29) is 145 Å². The summed E-state index contributed by atoms with van der Waals surface area (Å²) in [6.07, 6.45) is 33.1. The number of aliphatic hydroxyl groups excluding tert-OH is 5. The zero-order valence-electron chi connectivity index (χ0n) is 85.9. The zero-order valence-corrected chi connectivity index (χ0v) is 86.7. The lowest BCUT2D eigenvalue weighted by Gasteiger charge is -2.63. The predicted octanol–water partition coefficient (Wildman–Crippen LogP) is 18.2. The van der Waals surface area contributed by atoms with E-state index < -0.39 is 63.5 Å². The summed E-state index contributed by atoms with van der Waals surface area (Å²) in [5.41, 5.74) is 1.39. The molecule has 19 saturated carbocycles. The van der Waals surface area contributed by atoms with Crippen molar-refractivity contribution in [2.24, 2.45) is 173 Å². The molecule has 46 atom stereocenters. The topological polar surface area (TPSA) is 305 Å². The van der Waals surface area contributed by atoms with Gasteiger partial charge in [-0.3, -0.25) is 23.4 Å². The zero-order chi connectivity index (χ0) is 96.5. The largest absolute Gasteiger partial charge is 0.393 e. The molecule has 5 saturated heterocycles. The van der Waals surface area contributed by atoms with E-state index in [0.717, 1.165) is 141 Å². The molecule has 5 N–H and O–H groups in total. The summed E-state index contributed by atoms with van der Waals surface area (Å²) >= 11 is 0. The van der Waals surface area contributed by atoms with Crippen LogP contribution in [0.15, 0.2) is 24.3 Å². The fourth-order valence-electron chi connectivity index (χ4n) is 39.8. The molecule has 25 aliphatic rings. The Hall–Kier alpha value is -2.53. The van der Waals surface area contributed by atoms with Gasteiger partial charge >= 0.3 is 0 Å². The first kappa shape index (κ1) is 98.5. The standard InChI is InChI=1S/C23H36O6S.C23H36O4.C22H34O5.C22H34O4.C22H32O3/c1-21(2)27-19-16-12-13(29-30(5,25)26)8-10-22(16,3)15-9-11-23(4)14(6-7-17(23)24)18(15)20(19)28-21;1-12-6-7-13-18-14(8-9-22(12,13)4)23(5)11-17(25)16(24)10-15(23)19-20(18)27-21(2,3)26-19;1-20(2)26-18-13-9-14(23)15(24)10-22(13,4)12-7-8-21(3)11(5-6-16(21)25)17(12)19(18)27-20;1-20(2)25-18-15-11-12(23)7-9-21(15,3)14-8-10-22(4)13(5-6-16(22)24)17(14)19(18)26-20;1-20(2)24-18-15-7-5-6-11-21(15,3)14-10-12-22(4)13(8-9-16(22)23)17(14)19(18)25-20/h13-16,18-20H,6-12H2,1-5H3;13-20,24-25H,1,6-11H2,2-5H3;11-15,17-19,23-24H,5-10H2,1-4H3;12-15,17-19,23H,5-11H2,1-4H3;5-6,13-15,17-19H,7-12H2,1-4H3/t13-,14?,15?,16?,18?,19+,20+,22+,23-;13?,14?,15?,16-,17+,18?,19+,20+,22+,23+;11?,12?,13?,14-,15+,17?,18+,19+,21-,22+;12-,13?,14?,15?,17?,18+,19+,21+,22-;13?,14?,15?,17?,18-,19-,21-,22+/m00001/s1. The third kappa shape index (κ3) is 15.1. The predicted molar refractivity (Wildman–Crippen MR) is 506 cm³/mol. The van der Waals surface area contributed by atoms with E-state index in [1.54, 1.807) is 0 Å². The maximum atomic E-state index is 12.8. The Morgan fingerprint density at radius 3 is 0.926 bits per heavy atom. The number of carbonyl (C=O) groups excluding carboxylic acids is 4. The van der Waals surface area contributed by atoms with E-state index in [9.17, 15) is 53.1 Å². The highest BCUT2D eigenvalue weighted by Crippen LogP contribution is 2.76. The molecule has 20 aliphatic carbocycles. The minimum atomic E-state index is -3.49. The van der Waals surface area contributed by atoms with Crippen LogP contribution in [0.1, 0.15) is 344 Å². The van der Waals surface area contributed by atoms with Gasteiger partial charge in [0, 0.05) is 47.3 Å². The minimum absolute atomic E-state index is 0.000483. The highest BCUT2D eigenvalue weighted by Gasteiger charge is 2.77. The summed E-state index contributed by atoms with van der Waals surface area (Å²) in [6, 6.07) is 0. The average molecular weight is 1900 g/mol. The van der Waals surface area contributed by atoms with Crippen LogP contribution < -0.4 is 0 Å². The molecule has 5 aliphatic heterocycles. The lowest BCUT2D eigenvalue weighted by atomic mass is 9.43. The lowest BCUT2D eigenvalue weighted by molar-refractivity contribution is -0.205. The lowest BCUT2D eigenvalue weighted by Crippen LogP contribution is -2.65. The number of rotatable bonds is 2. The van der Waals surface area contributed by atoms with Crippen molar-refractivity contribution in [3.05, 3.63) is 24.3 Å². The Morgan fingerprint density at radius 2 is 0.578 bits per heavy atom. The molecule has 0 radical (unpaired) electrons. The van der Waals surface area contributed by atoms with Crippen LogP contribution in [-0.2, 0) is 80.8 Å². The number of hydrogen-bond donors (Lipinski definition) is 5. The average Bonchev–Trinajstić information content (AvgIpc) is 1.62. The Bertz CT molecular complexity index is 4680. The summed E-state index contributed by atoms with van der Waals surface area (Å²) in [7, 11) is -3.49. The smallest absolute Gasteiger partial charge is 0.264 e. The molecular weight excluding hydrogens is 1730 g/mol. The summed E-state index contributed by atoms with van der Waals surface area (Å²) in [4.78, 5) is 51.0. The molecule has 22 nitrogen and oxygen atoms in total. The molecule has 25 rings (SSSR count). The molecular formula is C112H172O22S. The van der Waals surface area contributed by atoms with Gasteiger partial charge in [0.15, 0.2) is 28.9 Å². The first-order valence-corrected chi connectivity index (χ1v) is 56.2. The molecule has 0 amide bonds. The Labute approximate surface area is 806 Å². The van der Waals surface area contributed by atoms with E-state index >= 15 is 0 Å². The highest BCUT2D eigenvalue weighted by molar-refractivity contribution is 7.86. The molecule has 135 heavy (non-hydrogen) atoms. The van der Waals surface area contributed by atoms with Crippen molar-refractivity contribution in [2.45, 2.75) is 471 Å². The fourth-order valence-corrected chi connectivity index (χ4v) is 40.5. The van der Waals surface area contributed by atoms with Crippen molar-refractivity contribution in [1.82, 2.24) is 0 Å². The van der Waals surface area contributed by atoms with Gasteiger partial charge in [-0.25, -0.2) is 0 Å². The van der Waals surface area contributed by atoms with Crippen molar-refractivity contribution in [2.75, 3.05) is 6.26 Å². The Balaban J connectivity index is 0.000000101. The second kappa shape index (κ2) is 32.7. The van der Waals surface area contributed by atoms with Crippen LogP contribution in [0.4, 0.5) is 0 Å². The first-order valence-electron chi connectivity index (χ1n) is 54.4. The number of ketones is 4. The molecule has 0 aromatic rings. The van der Waals surface area contributed by atoms with Gasteiger partial charge in [-0.2, -0.15) is 8.42 Å². The monoisotopic (exact) mass is 1900 g/mol. The van der Waals surface area contributed by atoms with Gasteiger partial charge < -0.3 is 72.9 Å². The van der Waals surface area contributed by atoms with Gasteiger partial charge in [0.05, 0.1) is 104 Å². The van der Waals surface area contributed by atoms with Crippen LogP contribution in [0, 0.1) is 173 Å². The third-order valence-corrected chi connectivity index (χ3v) is 46.9. The molecule has 0 aromatic heterocycles. The van der Waals surface area contributed by atoms with Crippen molar-refractivity contribution in [3.8, 4) is 0 Å². The Morgan fingerprint density at radius 1 is 0.296 bits per heavy atom. The highest BCUT2D eigenvalue weighted by atomic mass is 32.2. The summed E-state index contributed by atoms with van der Waals surface area (Å²) < 4.78 is 94.1. The van der Waals surface area contributed by atoms with E-state index in [1.807, 2.05) is 55.4 Å². The van der Waals surface area contributed by atoms with Crippen LogP contribution in [0.3, 0.4) is 0 Å². The van der Waals surface area contributed by atoms with Crippen LogP contribution in [0.2, 0.25) is 0 Å². The maximum absolute atomic E-state index is 12.8. The normalized spacial score (nSPS) is 56.7. The molecule has 20 unspecified atom stereocenters. The quantitative estimate of drug-likeness (QED) is 0.127. The van der Waals surface area contributed by atoms with Gasteiger partial charge in [0.2, 0.25) is 0 Å². The number of allylic oxidation sites excluding steroid dienone is 3. The number of hydrogen-bond acceptors (Lipinski definition) is 22. The van der Waals surface area contributed by atoms with Crippen molar-refractivity contribution in [1.29, 1.82) is 0 Å². The van der Waals surface area contributed by atoms with Gasteiger partial charge in [0.25, 0.3) is 10.1 Å². The van der Waals surface area contributed by atoms with Crippen LogP contribution in [0.5, 0.6) is 0 Å². The maximum Gasteiger partial charge on any atom is 0.264 e. The summed E-state index contributed by atoms with van der Waals surface area (Å²) in [5, 5.41) is 52.3. The Kier molecular flexibility index (Phi) is 23.9. The molecule has 0 spiro atoms. The number of fused-ring (bicyclic) bond motifs is 40. The van der Waals surface area contributed by atoms with Crippen molar-refractivity contribution in [3.63, 3.8) is 0 Å². The van der Waals surface area contributed by atoms with Crippen LogP contribution in [0.25, 0.3) is 0 Å². The fraction of sp³-hybridized carbons (Fsp3) is 0.929. The van der Waals surface area contributed by atoms with Crippen molar-refractivity contribution >= 4 is 33.3 Å². The van der Waals surface area contributed by atoms with E-state index in [2.05, 4.69) is 102 Å². The van der Waals surface area contributed by atoms with E-state index in [1.165, 1.54) is 31.3 Å². The molecule has 24 fully saturated rings. The van der Waals surface area contributed by atoms with Gasteiger partial charge in [0.1, 0.15) is 23.1 Å². The first-order chi connectivity index (χ1) is 62.9. The summed E-state index contributed by atoms with van der Waals surface area (Å²) in [6.45, 7) is 47.9. The second-order valence-corrected chi connectivity index (χ2v) is 56.4. The SMILES string of the molecule is C=C1CCC2C3C(CC[C@]12C)[C@@]1(C)C[C@@H](O)[C@@H](O)CC1[C@H]1OC(C)(C)O[C@H]31.CC1(C)O[C@@H]2C3C(CC[C@]4(C)C(=O)CCC34)[C@@]3(C)CC=CCC3[C@H]2O1.CC1(C)O[C@@H]2C3C(CC[C@]4(C)C(=O)CCC34)[C@@]3(C)CC[C@H](O)CC3[C@H]2O1.CC1(C)O[C@@H]2C3C(CC[C@]4(C)C(=O)CCC34)[C@@]3(C)CC[C@H](OS(C)(=O)=O)CC3[C@H]2O1.CC1(C)O[C@@H]2C3C(CC[C@]4(C)C(=O)CCC34)[C@@]3(C)C[C@@H](O)[C@@H](O)CC3[C@H]2O1. The molecule has 23 heteroatoms. The van der Waals surface area contributed by atoms with Gasteiger partial charge in [-0.1, -0.05) is 93.5 Å².